The molecule has 2 aromatic rings. The van der Waals surface area contributed by atoms with Crippen LogP contribution in [0.4, 0.5) is 0 Å². The van der Waals surface area contributed by atoms with E-state index in [-0.39, 0.29) is 23.5 Å². The third-order valence-corrected chi connectivity index (χ3v) is 5.06. The number of carbonyl (C=O) groups is 1. The van der Waals surface area contributed by atoms with Crippen LogP contribution in [-0.2, 0) is 21.4 Å². The predicted octanol–water partition coefficient (Wildman–Crippen LogP) is 1.77. The van der Waals surface area contributed by atoms with Crippen molar-refractivity contribution in [3.8, 4) is 5.75 Å². The summed E-state index contributed by atoms with van der Waals surface area (Å²) >= 11 is 0. The Morgan fingerprint density at radius 1 is 1.23 bits per heavy atom. The van der Waals surface area contributed by atoms with E-state index in [0.717, 1.165) is 5.69 Å². The van der Waals surface area contributed by atoms with Gasteiger partial charge in [0.25, 0.3) is 5.91 Å². The van der Waals surface area contributed by atoms with Gasteiger partial charge in [-0.05, 0) is 56.7 Å². The molecule has 0 atom stereocenters. The number of hydrogen-bond donors (Lipinski definition) is 2. The summed E-state index contributed by atoms with van der Waals surface area (Å²) in [6, 6.07) is 9.80. The summed E-state index contributed by atoms with van der Waals surface area (Å²) in [6.45, 7) is 5.40. The fourth-order valence-electron chi connectivity index (χ4n) is 2.22. The lowest BCUT2D eigenvalue weighted by atomic mass is 10.2. The van der Waals surface area contributed by atoms with E-state index in [9.17, 15) is 13.2 Å². The SMILES string of the molecule is Cc1cc(S(=O)(=O)NC(C)C)ccc1OCC(=O)NCc1ccccn1. The molecule has 1 amide bonds. The number of nitrogens with zero attached hydrogens (tertiary/aromatic N) is 1. The first kappa shape index (κ1) is 19.9. The number of amides is 1. The molecule has 1 aromatic heterocycles. The number of pyridine rings is 1. The maximum absolute atomic E-state index is 12.2. The lowest BCUT2D eigenvalue weighted by Crippen LogP contribution is -2.30. The van der Waals surface area contributed by atoms with Crippen LogP contribution in [0.25, 0.3) is 0 Å². The van der Waals surface area contributed by atoms with Crippen LogP contribution in [0.1, 0.15) is 25.1 Å². The van der Waals surface area contributed by atoms with Gasteiger partial charge in [0, 0.05) is 12.2 Å². The minimum atomic E-state index is -3.56. The predicted molar refractivity (Wildman–Crippen MR) is 98.2 cm³/mol. The quantitative estimate of drug-likeness (QED) is 0.731. The van der Waals surface area contributed by atoms with Crippen LogP contribution in [0.3, 0.4) is 0 Å². The molecule has 2 rings (SSSR count). The third kappa shape index (κ3) is 5.82. The number of rotatable bonds is 8. The van der Waals surface area contributed by atoms with Crippen LogP contribution in [-0.4, -0.2) is 32.0 Å². The summed E-state index contributed by atoms with van der Waals surface area (Å²) in [5.74, 6) is 0.176. The molecule has 0 radical (unpaired) electrons. The van der Waals surface area contributed by atoms with Crippen molar-refractivity contribution in [1.29, 1.82) is 0 Å². The first-order valence-corrected chi connectivity index (χ1v) is 9.68. The van der Waals surface area contributed by atoms with Gasteiger partial charge in [-0.2, -0.15) is 0 Å². The van der Waals surface area contributed by atoms with Crippen LogP contribution in [0, 0.1) is 6.92 Å². The van der Waals surface area contributed by atoms with Crippen molar-refractivity contribution in [3.63, 3.8) is 0 Å². The van der Waals surface area contributed by atoms with E-state index in [1.54, 1.807) is 39.1 Å². The van der Waals surface area contributed by atoms with Crippen LogP contribution in [0.2, 0.25) is 0 Å². The summed E-state index contributed by atoms with van der Waals surface area (Å²) in [5, 5.41) is 2.71. The van der Waals surface area contributed by atoms with E-state index in [1.165, 1.54) is 12.1 Å². The Morgan fingerprint density at radius 3 is 2.62 bits per heavy atom. The highest BCUT2D eigenvalue weighted by atomic mass is 32.2. The normalized spacial score (nSPS) is 11.4. The lowest BCUT2D eigenvalue weighted by molar-refractivity contribution is -0.123. The van der Waals surface area contributed by atoms with Crippen molar-refractivity contribution in [2.45, 2.75) is 38.3 Å². The molecule has 7 nitrogen and oxygen atoms in total. The zero-order valence-corrected chi connectivity index (χ0v) is 15.8. The van der Waals surface area contributed by atoms with E-state index in [4.69, 9.17) is 4.74 Å². The molecule has 0 aliphatic rings. The van der Waals surface area contributed by atoms with E-state index in [1.807, 2.05) is 12.1 Å². The number of aryl methyl sites for hydroxylation is 1. The molecule has 1 heterocycles. The highest BCUT2D eigenvalue weighted by Gasteiger charge is 2.16. The number of ether oxygens (including phenoxy) is 1. The second-order valence-corrected chi connectivity index (χ2v) is 7.80. The Labute approximate surface area is 153 Å². The topological polar surface area (TPSA) is 97.4 Å². The number of benzene rings is 1. The Bertz CT molecular complexity index is 852. The van der Waals surface area contributed by atoms with Crippen LogP contribution >= 0.6 is 0 Å². The molecular weight excluding hydrogens is 354 g/mol. The first-order valence-electron chi connectivity index (χ1n) is 8.20. The average molecular weight is 377 g/mol. The Hall–Kier alpha value is -2.45. The second kappa shape index (κ2) is 8.77. The van der Waals surface area contributed by atoms with Gasteiger partial charge in [0.2, 0.25) is 10.0 Å². The van der Waals surface area contributed by atoms with Crippen molar-refractivity contribution >= 4 is 15.9 Å². The smallest absolute Gasteiger partial charge is 0.258 e. The zero-order chi connectivity index (χ0) is 19.2. The summed E-state index contributed by atoms with van der Waals surface area (Å²) < 4.78 is 32.4. The van der Waals surface area contributed by atoms with Gasteiger partial charge in [0.05, 0.1) is 17.1 Å². The van der Waals surface area contributed by atoms with Gasteiger partial charge in [-0.15, -0.1) is 0 Å². The van der Waals surface area contributed by atoms with Crippen molar-refractivity contribution in [3.05, 3.63) is 53.9 Å². The molecule has 1 aromatic carbocycles. The molecule has 2 N–H and O–H groups in total. The van der Waals surface area contributed by atoms with Crippen molar-refractivity contribution in [1.82, 2.24) is 15.0 Å². The van der Waals surface area contributed by atoms with Gasteiger partial charge in [0.1, 0.15) is 5.75 Å². The van der Waals surface area contributed by atoms with E-state index >= 15 is 0 Å². The minimum Gasteiger partial charge on any atom is -0.484 e. The summed E-state index contributed by atoms with van der Waals surface area (Å²) in [5.41, 5.74) is 1.39. The maximum atomic E-state index is 12.2. The highest BCUT2D eigenvalue weighted by molar-refractivity contribution is 7.89. The van der Waals surface area contributed by atoms with E-state index in [0.29, 0.717) is 17.9 Å². The van der Waals surface area contributed by atoms with Crippen LogP contribution in [0.5, 0.6) is 5.75 Å². The second-order valence-electron chi connectivity index (χ2n) is 6.09. The van der Waals surface area contributed by atoms with Gasteiger partial charge in [-0.25, -0.2) is 13.1 Å². The summed E-state index contributed by atoms with van der Waals surface area (Å²) in [4.78, 5) is 16.2. The standard InChI is InChI=1S/C18H23N3O4S/c1-13(2)21-26(23,24)16-7-8-17(14(3)10-16)25-12-18(22)20-11-15-6-4-5-9-19-15/h4-10,13,21H,11-12H2,1-3H3,(H,20,22). The minimum absolute atomic E-state index is 0.163. The third-order valence-electron chi connectivity index (χ3n) is 3.40. The fraction of sp³-hybridized carbons (Fsp3) is 0.333. The van der Waals surface area contributed by atoms with Crippen molar-refractivity contribution in [2.75, 3.05) is 6.61 Å². The molecule has 0 aliphatic heterocycles. The van der Waals surface area contributed by atoms with Crippen molar-refractivity contribution < 1.29 is 17.9 Å². The van der Waals surface area contributed by atoms with Gasteiger partial charge in [-0.3, -0.25) is 9.78 Å². The zero-order valence-electron chi connectivity index (χ0n) is 15.0. The molecule has 8 heteroatoms. The van der Waals surface area contributed by atoms with Gasteiger partial charge < -0.3 is 10.1 Å². The summed E-state index contributed by atoms with van der Waals surface area (Å²) in [7, 11) is -3.56. The fourth-order valence-corrected chi connectivity index (χ4v) is 3.55. The Balaban J connectivity index is 1.92. The average Bonchev–Trinajstić information content (AvgIpc) is 2.58. The van der Waals surface area contributed by atoms with Crippen LogP contribution in [0.15, 0.2) is 47.5 Å². The maximum Gasteiger partial charge on any atom is 0.258 e. The molecule has 0 spiro atoms. The molecule has 0 saturated carbocycles. The van der Waals surface area contributed by atoms with E-state index in [2.05, 4.69) is 15.0 Å². The molecule has 140 valence electrons. The molecule has 0 aliphatic carbocycles. The number of nitrogens with one attached hydrogen (secondary N) is 2. The van der Waals surface area contributed by atoms with Gasteiger partial charge in [0.15, 0.2) is 6.61 Å². The van der Waals surface area contributed by atoms with E-state index < -0.39 is 10.0 Å². The number of carbonyl (C=O) groups excluding carboxylic acids is 1. The molecule has 0 unspecified atom stereocenters. The first-order chi connectivity index (χ1) is 12.3. The van der Waals surface area contributed by atoms with Crippen molar-refractivity contribution in [2.24, 2.45) is 0 Å². The Kier molecular flexibility index (Phi) is 6.70. The molecular formula is C18H23N3O4S. The molecule has 26 heavy (non-hydrogen) atoms. The molecule has 0 fully saturated rings. The largest absolute Gasteiger partial charge is 0.484 e. The number of aromatic nitrogens is 1. The Morgan fingerprint density at radius 2 is 2.00 bits per heavy atom. The summed E-state index contributed by atoms with van der Waals surface area (Å²) in [6.07, 6.45) is 1.66. The highest BCUT2D eigenvalue weighted by Crippen LogP contribution is 2.22. The van der Waals surface area contributed by atoms with Gasteiger partial charge >= 0.3 is 0 Å². The molecule has 0 bridgehead atoms. The number of hydrogen-bond acceptors (Lipinski definition) is 5. The number of sulfonamides is 1. The monoisotopic (exact) mass is 377 g/mol. The lowest BCUT2D eigenvalue weighted by Gasteiger charge is -2.13. The molecule has 0 saturated heterocycles. The van der Waals surface area contributed by atoms with Crippen LogP contribution < -0.4 is 14.8 Å². The van der Waals surface area contributed by atoms with Gasteiger partial charge in [-0.1, -0.05) is 6.07 Å².